The molecule has 2 fully saturated rings. The van der Waals surface area contributed by atoms with Crippen molar-refractivity contribution in [3.63, 3.8) is 0 Å². The SMILES string of the molecule is O=C(Nc1cccc2c1OCCn1nnnc1-2)c1cc(-n2cnc(C3CC3)c2)c(N2CCCC2)cn1. The van der Waals surface area contributed by atoms with Gasteiger partial charge in [0.1, 0.15) is 12.3 Å². The number of fused-ring (bicyclic) bond motifs is 3. The molecule has 0 radical (unpaired) electrons. The Hall–Kier alpha value is -4.28. The quantitative estimate of drug-likeness (QED) is 0.461. The highest BCUT2D eigenvalue weighted by Gasteiger charge is 2.27. The van der Waals surface area contributed by atoms with E-state index in [1.54, 1.807) is 4.68 Å². The zero-order chi connectivity index (χ0) is 24.1. The molecule has 182 valence electrons. The fraction of sp³-hybridized carbons (Fsp3) is 0.360. The number of imidazole rings is 1. The zero-order valence-electron chi connectivity index (χ0n) is 19.7. The number of benzene rings is 1. The number of rotatable bonds is 5. The Morgan fingerprint density at radius 1 is 1.08 bits per heavy atom. The van der Waals surface area contributed by atoms with Gasteiger partial charge >= 0.3 is 0 Å². The lowest BCUT2D eigenvalue weighted by molar-refractivity contribution is 0.102. The fourth-order valence-electron chi connectivity index (χ4n) is 4.97. The van der Waals surface area contributed by atoms with Gasteiger partial charge in [0.05, 0.1) is 47.4 Å². The minimum absolute atomic E-state index is 0.312. The highest BCUT2D eigenvalue weighted by molar-refractivity contribution is 6.05. The summed E-state index contributed by atoms with van der Waals surface area (Å²) < 4.78 is 9.71. The third kappa shape index (κ3) is 3.67. The Morgan fingerprint density at radius 2 is 1.97 bits per heavy atom. The first kappa shape index (κ1) is 21.0. The Bertz CT molecular complexity index is 1450. The van der Waals surface area contributed by atoms with Crippen LogP contribution in [0, 0.1) is 0 Å². The molecule has 1 aromatic carbocycles. The Morgan fingerprint density at radius 3 is 2.83 bits per heavy atom. The number of carbonyl (C=O) groups excluding carboxylic acids is 1. The molecular weight excluding hydrogens is 458 g/mol. The van der Waals surface area contributed by atoms with Crippen LogP contribution in [0.25, 0.3) is 17.1 Å². The number of aromatic nitrogens is 7. The van der Waals surface area contributed by atoms with Crippen molar-refractivity contribution in [1.82, 2.24) is 34.7 Å². The number of amides is 1. The van der Waals surface area contributed by atoms with Gasteiger partial charge in [0.25, 0.3) is 5.91 Å². The first-order valence-corrected chi connectivity index (χ1v) is 12.4. The number of nitrogens with one attached hydrogen (secondary N) is 1. The smallest absolute Gasteiger partial charge is 0.274 e. The third-order valence-electron chi connectivity index (χ3n) is 7.00. The Labute approximate surface area is 207 Å². The number of hydrogen-bond donors (Lipinski definition) is 1. The van der Waals surface area contributed by atoms with Crippen LogP contribution in [0.5, 0.6) is 5.75 Å². The van der Waals surface area contributed by atoms with E-state index in [4.69, 9.17) is 4.74 Å². The molecule has 1 saturated heterocycles. The van der Waals surface area contributed by atoms with Crippen molar-refractivity contribution in [2.24, 2.45) is 0 Å². The summed E-state index contributed by atoms with van der Waals surface area (Å²) in [5.74, 6) is 1.41. The maximum absolute atomic E-state index is 13.4. The van der Waals surface area contributed by atoms with Gasteiger partial charge in [-0.1, -0.05) is 6.07 Å². The number of carbonyl (C=O) groups is 1. The molecule has 11 nitrogen and oxygen atoms in total. The van der Waals surface area contributed by atoms with Crippen LogP contribution in [0.1, 0.15) is 47.8 Å². The van der Waals surface area contributed by atoms with Crippen LogP contribution >= 0.6 is 0 Å². The highest BCUT2D eigenvalue weighted by atomic mass is 16.5. The Kier molecular flexibility index (Phi) is 4.93. The van der Waals surface area contributed by atoms with E-state index in [1.165, 1.54) is 12.8 Å². The van der Waals surface area contributed by atoms with Gasteiger partial charge in [-0.2, -0.15) is 0 Å². The summed E-state index contributed by atoms with van der Waals surface area (Å²) >= 11 is 0. The lowest BCUT2D eigenvalue weighted by Gasteiger charge is -2.21. The molecule has 1 saturated carbocycles. The largest absolute Gasteiger partial charge is 0.489 e. The standard InChI is InChI=1S/C25H25N9O2/c35-25(28-18-5-3-4-17-23(18)36-11-10-34-24(17)29-30-31-34)19-12-21(22(13-26-19)32-8-1-2-9-32)33-14-20(27-15-33)16-6-7-16/h3-5,12-16H,1-2,6-11H2,(H,28,35). The maximum atomic E-state index is 13.4. The molecule has 2 aliphatic heterocycles. The van der Waals surface area contributed by atoms with Crippen LogP contribution in [-0.4, -0.2) is 60.3 Å². The average Bonchev–Trinajstić information content (AvgIpc) is 3.27. The molecule has 0 bridgehead atoms. The van der Waals surface area contributed by atoms with E-state index in [1.807, 2.05) is 41.4 Å². The van der Waals surface area contributed by atoms with Gasteiger partial charge in [0.15, 0.2) is 11.6 Å². The molecule has 1 aliphatic carbocycles. The molecule has 4 aromatic rings. The summed E-state index contributed by atoms with van der Waals surface area (Å²) in [4.78, 5) is 24.9. The van der Waals surface area contributed by atoms with Gasteiger partial charge in [-0.3, -0.25) is 4.79 Å². The molecule has 5 heterocycles. The molecule has 0 atom stereocenters. The number of tetrazole rings is 1. The van der Waals surface area contributed by atoms with Gasteiger partial charge < -0.3 is 19.5 Å². The van der Waals surface area contributed by atoms with E-state index in [0.29, 0.717) is 42.0 Å². The number of para-hydroxylation sites is 1. The molecular formula is C25H25N9O2. The monoisotopic (exact) mass is 483 g/mol. The molecule has 3 aliphatic rings. The number of pyridine rings is 1. The summed E-state index contributed by atoms with van der Waals surface area (Å²) in [5.41, 5.74) is 4.66. The van der Waals surface area contributed by atoms with Crippen molar-refractivity contribution in [2.45, 2.75) is 38.1 Å². The van der Waals surface area contributed by atoms with E-state index in [0.717, 1.165) is 48.6 Å². The van der Waals surface area contributed by atoms with Gasteiger partial charge in [-0.25, -0.2) is 14.6 Å². The second-order valence-electron chi connectivity index (χ2n) is 9.44. The van der Waals surface area contributed by atoms with Crippen molar-refractivity contribution < 1.29 is 9.53 Å². The summed E-state index contributed by atoms with van der Waals surface area (Å²) in [6, 6.07) is 7.40. The van der Waals surface area contributed by atoms with Crippen LogP contribution in [-0.2, 0) is 6.54 Å². The highest BCUT2D eigenvalue weighted by Crippen LogP contribution is 2.40. The average molecular weight is 484 g/mol. The molecule has 0 unspecified atom stereocenters. The van der Waals surface area contributed by atoms with Gasteiger partial charge in [-0.15, -0.1) is 5.10 Å². The van der Waals surface area contributed by atoms with Gasteiger partial charge in [0.2, 0.25) is 0 Å². The van der Waals surface area contributed by atoms with Gasteiger partial charge in [0, 0.05) is 25.2 Å². The normalized spacial score (nSPS) is 16.7. The lowest BCUT2D eigenvalue weighted by Crippen LogP contribution is -2.21. The topological polar surface area (TPSA) is 116 Å². The first-order chi connectivity index (χ1) is 17.7. The molecule has 1 amide bonds. The maximum Gasteiger partial charge on any atom is 0.274 e. The van der Waals surface area contributed by atoms with E-state index in [9.17, 15) is 4.79 Å². The molecule has 11 heteroatoms. The summed E-state index contributed by atoms with van der Waals surface area (Å²) in [6.07, 6.45) is 10.4. The second kappa shape index (κ2) is 8.43. The predicted molar refractivity (Wildman–Crippen MR) is 131 cm³/mol. The number of hydrogen-bond acceptors (Lipinski definition) is 8. The summed E-state index contributed by atoms with van der Waals surface area (Å²) in [6.45, 7) is 2.89. The second-order valence-corrected chi connectivity index (χ2v) is 9.44. The molecule has 3 aromatic heterocycles. The minimum Gasteiger partial charge on any atom is -0.489 e. The van der Waals surface area contributed by atoms with E-state index >= 15 is 0 Å². The van der Waals surface area contributed by atoms with Crippen LogP contribution in [0.4, 0.5) is 11.4 Å². The summed E-state index contributed by atoms with van der Waals surface area (Å²) in [7, 11) is 0. The van der Waals surface area contributed by atoms with Crippen LogP contribution in [0.2, 0.25) is 0 Å². The number of ether oxygens (including phenoxy) is 1. The molecule has 1 N–H and O–H groups in total. The van der Waals surface area contributed by atoms with Crippen LogP contribution in [0.3, 0.4) is 0 Å². The van der Waals surface area contributed by atoms with E-state index in [-0.39, 0.29) is 5.91 Å². The zero-order valence-corrected chi connectivity index (χ0v) is 19.7. The van der Waals surface area contributed by atoms with Crippen molar-refractivity contribution in [2.75, 3.05) is 29.9 Å². The van der Waals surface area contributed by atoms with E-state index in [2.05, 4.69) is 41.9 Å². The van der Waals surface area contributed by atoms with Crippen molar-refractivity contribution in [3.05, 3.63) is 54.4 Å². The summed E-state index contributed by atoms with van der Waals surface area (Å²) in [5, 5.41) is 14.9. The van der Waals surface area contributed by atoms with Crippen LogP contribution < -0.4 is 15.0 Å². The van der Waals surface area contributed by atoms with Crippen molar-refractivity contribution in [3.8, 4) is 22.8 Å². The Balaban J connectivity index is 1.23. The molecule has 0 spiro atoms. The first-order valence-electron chi connectivity index (χ1n) is 12.4. The van der Waals surface area contributed by atoms with E-state index < -0.39 is 0 Å². The lowest BCUT2D eigenvalue weighted by atomic mass is 10.1. The molecule has 36 heavy (non-hydrogen) atoms. The predicted octanol–water partition coefficient (Wildman–Crippen LogP) is 3.04. The fourth-order valence-corrected chi connectivity index (χ4v) is 4.97. The van der Waals surface area contributed by atoms with Crippen molar-refractivity contribution in [1.29, 1.82) is 0 Å². The molecule has 7 rings (SSSR count). The number of nitrogens with zero attached hydrogens (tertiary/aromatic N) is 8. The number of anilines is 2. The van der Waals surface area contributed by atoms with Gasteiger partial charge in [-0.05, 0) is 54.3 Å². The van der Waals surface area contributed by atoms with Crippen LogP contribution in [0.15, 0.2) is 43.0 Å². The minimum atomic E-state index is -0.312. The van der Waals surface area contributed by atoms with Crippen molar-refractivity contribution >= 4 is 17.3 Å². The third-order valence-corrected chi connectivity index (χ3v) is 7.00.